The molecule has 0 aromatic rings. The molecule has 0 aromatic heterocycles. The number of piperazine rings is 1. The van der Waals surface area contributed by atoms with Gasteiger partial charge in [0.25, 0.3) is 0 Å². The van der Waals surface area contributed by atoms with Crippen LogP contribution in [-0.2, 0) is 9.59 Å². The lowest BCUT2D eigenvalue weighted by Gasteiger charge is -2.52. The van der Waals surface area contributed by atoms with Crippen LogP contribution in [0.25, 0.3) is 0 Å². The van der Waals surface area contributed by atoms with E-state index in [0.29, 0.717) is 13.0 Å². The third kappa shape index (κ3) is 2.07. The molecule has 1 atom stereocenters. The molecule has 19 heavy (non-hydrogen) atoms. The predicted molar refractivity (Wildman–Crippen MR) is 74.6 cm³/mol. The van der Waals surface area contributed by atoms with Gasteiger partial charge in [-0.2, -0.15) is 0 Å². The van der Waals surface area contributed by atoms with Crippen molar-refractivity contribution in [1.82, 2.24) is 10.2 Å². The Bertz CT molecular complexity index is 399. The summed E-state index contributed by atoms with van der Waals surface area (Å²) in [6.07, 6.45) is 7.06. The molecule has 2 amide bonds. The maximum absolute atomic E-state index is 12.8. The van der Waals surface area contributed by atoms with Crippen LogP contribution in [0.1, 0.15) is 52.4 Å². The lowest BCUT2D eigenvalue weighted by molar-refractivity contribution is -0.164. The van der Waals surface area contributed by atoms with Gasteiger partial charge in [-0.15, -0.1) is 6.58 Å². The van der Waals surface area contributed by atoms with Crippen molar-refractivity contribution >= 4 is 11.8 Å². The van der Waals surface area contributed by atoms with E-state index >= 15 is 0 Å². The summed E-state index contributed by atoms with van der Waals surface area (Å²) in [4.78, 5) is 27.2. The first-order chi connectivity index (χ1) is 9.00. The van der Waals surface area contributed by atoms with Gasteiger partial charge in [-0.1, -0.05) is 32.3 Å². The zero-order valence-electron chi connectivity index (χ0n) is 12.0. The van der Waals surface area contributed by atoms with Crippen LogP contribution in [0, 0.1) is 0 Å². The van der Waals surface area contributed by atoms with E-state index in [2.05, 4.69) is 11.9 Å². The summed E-state index contributed by atoms with van der Waals surface area (Å²) in [5.41, 5.74) is -1.39. The van der Waals surface area contributed by atoms with E-state index < -0.39 is 11.1 Å². The van der Waals surface area contributed by atoms with Gasteiger partial charge >= 0.3 is 0 Å². The van der Waals surface area contributed by atoms with Gasteiger partial charge < -0.3 is 10.2 Å². The van der Waals surface area contributed by atoms with Gasteiger partial charge in [-0.3, -0.25) is 9.59 Å². The SMILES string of the molecule is C=CCN1C(=O)C(C)(CC)NC(=O)C12CCCCC2. The minimum atomic E-state index is -0.761. The van der Waals surface area contributed by atoms with Crippen LogP contribution in [0.15, 0.2) is 12.7 Å². The molecule has 4 nitrogen and oxygen atoms in total. The molecule has 0 bridgehead atoms. The van der Waals surface area contributed by atoms with Crippen molar-refractivity contribution in [2.75, 3.05) is 6.54 Å². The lowest BCUT2D eigenvalue weighted by Crippen LogP contribution is -2.75. The van der Waals surface area contributed by atoms with Gasteiger partial charge in [0.2, 0.25) is 11.8 Å². The third-order valence-electron chi connectivity index (χ3n) is 4.75. The summed E-state index contributed by atoms with van der Waals surface area (Å²) in [6.45, 7) is 7.95. The molecular formula is C15H24N2O2. The number of rotatable bonds is 3. The predicted octanol–water partition coefficient (Wildman–Crippen LogP) is 2.00. The second-order valence-electron chi connectivity index (χ2n) is 5.94. The molecular weight excluding hydrogens is 240 g/mol. The van der Waals surface area contributed by atoms with E-state index in [1.165, 1.54) is 0 Å². The minimum absolute atomic E-state index is 0.0259. The van der Waals surface area contributed by atoms with Crippen LogP contribution in [0.4, 0.5) is 0 Å². The average Bonchev–Trinajstić information content (AvgIpc) is 2.43. The molecule has 0 radical (unpaired) electrons. The molecule has 1 spiro atoms. The summed E-state index contributed by atoms with van der Waals surface area (Å²) in [5.74, 6) is 0.0643. The highest BCUT2D eigenvalue weighted by Crippen LogP contribution is 2.39. The van der Waals surface area contributed by atoms with Crippen LogP contribution in [0.5, 0.6) is 0 Å². The summed E-state index contributed by atoms with van der Waals surface area (Å²) < 4.78 is 0. The van der Waals surface area contributed by atoms with E-state index in [1.54, 1.807) is 11.0 Å². The van der Waals surface area contributed by atoms with Gasteiger partial charge in [-0.05, 0) is 26.2 Å². The standard InChI is InChI=1S/C15H24N2O2/c1-4-11-17-13(19)14(3,5-2)16-12(18)15(17)9-7-6-8-10-15/h4H,1,5-11H2,2-3H3,(H,16,18). The number of hydrogen-bond acceptors (Lipinski definition) is 2. The Labute approximate surface area is 115 Å². The van der Waals surface area contributed by atoms with Gasteiger partial charge in [0, 0.05) is 6.54 Å². The summed E-state index contributed by atoms with van der Waals surface area (Å²) in [7, 11) is 0. The van der Waals surface area contributed by atoms with E-state index in [4.69, 9.17) is 0 Å². The molecule has 1 heterocycles. The van der Waals surface area contributed by atoms with Crippen LogP contribution in [0.2, 0.25) is 0 Å². The zero-order valence-corrected chi connectivity index (χ0v) is 12.0. The maximum Gasteiger partial charge on any atom is 0.249 e. The molecule has 0 aromatic carbocycles. The second-order valence-corrected chi connectivity index (χ2v) is 5.94. The molecule has 106 valence electrons. The van der Waals surface area contributed by atoms with Gasteiger partial charge in [0.1, 0.15) is 11.1 Å². The van der Waals surface area contributed by atoms with Crippen molar-refractivity contribution in [1.29, 1.82) is 0 Å². The highest BCUT2D eigenvalue weighted by molar-refractivity contribution is 6.02. The Hall–Kier alpha value is -1.32. The van der Waals surface area contributed by atoms with Crippen molar-refractivity contribution in [3.63, 3.8) is 0 Å². The maximum atomic E-state index is 12.8. The smallest absolute Gasteiger partial charge is 0.249 e. The molecule has 2 fully saturated rings. The Morgan fingerprint density at radius 2 is 1.95 bits per heavy atom. The fourth-order valence-electron chi connectivity index (χ4n) is 3.30. The first-order valence-corrected chi connectivity index (χ1v) is 7.26. The van der Waals surface area contributed by atoms with Crippen LogP contribution in [-0.4, -0.2) is 34.3 Å². The zero-order chi connectivity index (χ0) is 14.1. The van der Waals surface area contributed by atoms with Gasteiger partial charge in [0.15, 0.2) is 0 Å². The van der Waals surface area contributed by atoms with E-state index in [0.717, 1.165) is 32.1 Å². The highest BCUT2D eigenvalue weighted by atomic mass is 16.2. The second kappa shape index (κ2) is 4.99. The number of carbonyl (C=O) groups is 2. The quantitative estimate of drug-likeness (QED) is 0.793. The summed E-state index contributed by atoms with van der Waals surface area (Å²) >= 11 is 0. The number of carbonyl (C=O) groups excluding carboxylic acids is 2. The van der Waals surface area contributed by atoms with Crippen molar-refractivity contribution in [3.05, 3.63) is 12.7 Å². The number of nitrogens with zero attached hydrogens (tertiary/aromatic N) is 1. The molecule has 2 rings (SSSR count). The van der Waals surface area contributed by atoms with Crippen LogP contribution < -0.4 is 5.32 Å². The molecule has 1 aliphatic carbocycles. The van der Waals surface area contributed by atoms with E-state index in [-0.39, 0.29) is 11.8 Å². The largest absolute Gasteiger partial charge is 0.340 e. The molecule has 1 unspecified atom stereocenters. The monoisotopic (exact) mass is 264 g/mol. The van der Waals surface area contributed by atoms with Crippen molar-refractivity contribution < 1.29 is 9.59 Å². The van der Waals surface area contributed by atoms with Crippen LogP contribution >= 0.6 is 0 Å². The normalized spacial score (nSPS) is 30.3. The lowest BCUT2D eigenvalue weighted by atomic mass is 9.75. The number of hydrogen-bond donors (Lipinski definition) is 1. The number of amides is 2. The van der Waals surface area contributed by atoms with Crippen molar-refractivity contribution in [2.45, 2.75) is 63.5 Å². The topological polar surface area (TPSA) is 49.4 Å². The molecule has 4 heteroatoms. The van der Waals surface area contributed by atoms with Gasteiger partial charge in [0.05, 0.1) is 0 Å². The fraction of sp³-hybridized carbons (Fsp3) is 0.733. The highest BCUT2D eigenvalue weighted by Gasteiger charge is 2.55. The Balaban J connectivity index is 2.40. The molecule has 2 aliphatic rings. The molecule has 1 aliphatic heterocycles. The first-order valence-electron chi connectivity index (χ1n) is 7.26. The molecule has 1 N–H and O–H groups in total. The molecule has 1 saturated heterocycles. The minimum Gasteiger partial charge on any atom is -0.340 e. The summed E-state index contributed by atoms with van der Waals surface area (Å²) in [5, 5.41) is 2.98. The Morgan fingerprint density at radius 3 is 2.47 bits per heavy atom. The Morgan fingerprint density at radius 1 is 1.32 bits per heavy atom. The average molecular weight is 264 g/mol. The molecule has 1 saturated carbocycles. The summed E-state index contributed by atoms with van der Waals surface area (Å²) in [6, 6.07) is 0. The van der Waals surface area contributed by atoms with E-state index in [1.807, 2.05) is 13.8 Å². The van der Waals surface area contributed by atoms with E-state index in [9.17, 15) is 9.59 Å². The van der Waals surface area contributed by atoms with Crippen molar-refractivity contribution in [3.8, 4) is 0 Å². The fourth-order valence-corrected chi connectivity index (χ4v) is 3.30. The number of nitrogens with one attached hydrogen (secondary N) is 1. The van der Waals surface area contributed by atoms with Crippen LogP contribution in [0.3, 0.4) is 0 Å². The van der Waals surface area contributed by atoms with Gasteiger partial charge in [-0.25, -0.2) is 0 Å². The third-order valence-corrected chi connectivity index (χ3v) is 4.75. The first kappa shape index (κ1) is 14.1. The Kier molecular flexibility index (Phi) is 3.70. The van der Waals surface area contributed by atoms with Crippen molar-refractivity contribution in [2.24, 2.45) is 0 Å².